The van der Waals surface area contributed by atoms with Crippen molar-refractivity contribution in [3.8, 4) is 0 Å². The molecule has 14 heavy (non-hydrogen) atoms. The van der Waals surface area contributed by atoms with Gasteiger partial charge in [-0.1, -0.05) is 6.92 Å². The monoisotopic (exact) mass is 207 g/mol. The number of nitrogens with one attached hydrogen (secondary N) is 1. The Morgan fingerprint density at radius 2 is 1.29 bits per heavy atom. The number of rotatable bonds is 7. The van der Waals surface area contributed by atoms with Crippen LogP contribution in [0, 0.1) is 5.41 Å². The van der Waals surface area contributed by atoms with E-state index < -0.39 is 11.0 Å². The molecule has 0 atom stereocenters. The summed E-state index contributed by atoms with van der Waals surface area (Å²) < 4.78 is 0. The maximum Gasteiger partial charge on any atom is 0.0633 e. The highest BCUT2D eigenvalue weighted by Gasteiger charge is 2.28. The van der Waals surface area contributed by atoms with E-state index in [1.165, 1.54) is 0 Å². The Bertz CT molecular complexity index is 137. The molecule has 0 rings (SSSR count). The average Bonchev–Trinajstić information content (AvgIpc) is 2.25. The van der Waals surface area contributed by atoms with Gasteiger partial charge in [-0.3, -0.25) is 0 Å². The Morgan fingerprint density at radius 1 is 0.857 bits per heavy atom. The predicted octanol–water partition coefficient (Wildman–Crippen LogP) is -1.69. The molecular weight excluding hydrogens is 186 g/mol. The molecule has 0 aromatic rings. The summed E-state index contributed by atoms with van der Waals surface area (Å²) in [5.74, 6) is 0. The summed E-state index contributed by atoms with van der Waals surface area (Å²) >= 11 is 0. The molecule has 0 aromatic heterocycles. The average molecular weight is 207 g/mol. The van der Waals surface area contributed by atoms with Gasteiger partial charge in [0.05, 0.1) is 32.0 Å². The van der Waals surface area contributed by atoms with Crippen molar-refractivity contribution in [1.82, 2.24) is 5.32 Å². The van der Waals surface area contributed by atoms with Crippen LogP contribution in [0.15, 0.2) is 0 Å². The quantitative estimate of drug-likeness (QED) is 0.343. The number of aliphatic hydroxyl groups excluding tert-OH is 4. The fourth-order valence-electron chi connectivity index (χ4n) is 0.750. The zero-order valence-electron chi connectivity index (χ0n) is 8.82. The molecule has 0 aliphatic carbocycles. The molecule has 5 heteroatoms. The lowest BCUT2D eigenvalue weighted by Gasteiger charge is -2.32. The predicted molar refractivity (Wildman–Crippen MR) is 52.9 cm³/mol. The van der Waals surface area contributed by atoms with Crippen molar-refractivity contribution in [3.63, 3.8) is 0 Å². The molecule has 0 amide bonds. The second-order valence-corrected chi connectivity index (χ2v) is 4.36. The number of hydrogen-bond acceptors (Lipinski definition) is 5. The van der Waals surface area contributed by atoms with Crippen LogP contribution in [0.1, 0.15) is 13.8 Å². The first-order valence-electron chi connectivity index (χ1n) is 4.64. The topological polar surface area (TPSA) is 93.0 Å². The van der Waals surface area contributed by atoms with Crippen molar-refractivity contribution in [2.24, 2.45) is 5.41 Å². The first kappa shape index (κ1) is 13.8. The SMILES string of the molecule is CC(CO)(CO)CNC(C)(CO)CO. The summed E-state index contributed by atoms with van der Waals surface area (Å²) in [5.41, 5.74) is -1.41. The molecular formula is C9H21NO4. The van der Waals surface area contributed by atoms with E-state index in [-0.39, 0.29) is 26.4 Å². The third-order valence-electron chi connectivity index (χ3n) is 2.40. The van der Waals surface area contributed by atoms with Gasteiger partial charge in [0.2, 0.25) is 0 Å². The molecule has 5 nitrogen and oxygen atoms in total. The lowest BCUT2D eigenvalue weighted by atomic mass is 9.91. The van der Waals surface area contributed by atoms with Crippen LogP contribution in [0.4, 0.5) is 0 Å². The van der Waals surface area contributed by atoms with E-state index in [2.05, 4.69) is 5.32 Å². The molecule has 0 heterocycles. The Labute approximate surface area is 84.4 Å². The molecule has 0 unspecified atom stereocenters. The molecule has 0 saturated heterocycles. The van der Waals surface area contributed by atoms with Gasteiger partial charge < -0.3 is 25.7 Å². The fourth-order valence-corrected chi connectivity index (χ4v) is 0.750. The summed E-state index contributed by atoms with van der Waals surface area (Å²) in [6.07, 6.45) is 0. The van der Waals surface area contributed by atoms with Gasteiger partial charge in [-0.2, -0.15) is 0 Å². The zero-order valence-corrected chi connectivity index (χ0v) is 8.82. The van der Waals surface area contributed by atoms with Crippen LogP contribution >= 0.6 is 0 Å². The summed E-state index contributed by atoms with van der Waals surface area (Å²) in [6, 6.07) is 0. The zero-order chi connectivity index (χ0) is 11.2. The van der Waals surface area contributed by atoms with Gasteiger partial charge in [-0.05, 0) is 6.92 Å². The maximum absolute atomic E-state index is 9.00. The molecule has 0 aliphatic rings. The number of hydrogen-bond donors (Lipinski definition) is 5. The molecule has 0 spiro atoms. The third kappa shape index (κ3) is 3.89. The standard InChI is InChI=1S/C9H21NO4/c1-8(4-11,5-12)3-10-9(2,6-13)7-14/h10-14H,3-7H2,1-2H3. The summed E-state index contributed by atoms with van der Waals surface area (Å²) in [5, 5.41) is 38.9. The van der Waals surface area contributed by atoms with Crippen LogP contribution in [0.2, 0.25) is 0 Å². The van der Waals surface area contributed by atoms with Crippen molar-refractivity contribution in [1.29, 1.82) is 0 Å². The van der Waals surface area contributed by atoms with Crippen LogP contribution in [0.5, 0.6) is 0 Å². The van der Waals surface area contributed by atoms with Gasteiger partial charge in [0.1, 0.15) is 0 Å². The summed E-state index contributed by atoms with van der Waals surface area (Å²) in [4.78, 5) is 0. The van der Waals surface area contributed by atoms with Crippen molar-refractivity contribution < 1.29 is 20.4 Å². The van der Waals surface area contributed by atoms with Gasteiger partial charge >= 0.3 is 0 Å². The lowest BCUT2D eigenvalue weighted by Crippen LogP contribution is -2.53. The van der Waals surface area contributed by atoms with Crippen molar-refractivity contribution in [2.75, 3.05) is 33.0 Å². The summed E-state index contributed by atoms with van der Waals surface area (Å²) in [7, 11) is 0. The molecule has 0 bridgehead atoms. The molecule has 0 radical (unpaired) electrons. The minimum atomic E-state index is -0.772. The first-order valence-corrected chi connectivity index (χ1v) is 4.64. The largest absolute Gasteiger partial charge is 0.396 e. The molecule has 0 fully saturated rings. The van der Waals surface area contributed by atoms with E-state index in [9.17, 15) is 0 Å². The minimum Gasteiger partial charge on any atom is -0.396 e. The molecule has 0 aliphatic heterocycles. The fraction of sp³-hybridized carbons (Fsp3) is 1.00. The number of aliphatic hydroxyl groups is 4. The first-order chi connectivity index (χ1) is 6.45. The van der Waals surface area contributed by atoms with E-state index >= 15 is 0 Å². The van der Waals surface area contributed by atoms with Crippen molar-refractivity contribution >= 4 is 0 Å². The second kappa shape index (κ2) is 5.63. The van der Waals surface area contributed by atoms with Crippen LogP contribution in [-0.2, 0) is 0 Å². The van der Waals surface area contributed by atoms with Crippen LogP contribution in [0.3, 0.4) is 0 Å². The van der Waals surface area contributed by atoms with E-state index in [1.807, 2.05) is 0 Å². The second-order valence-electron chi connectivity index (χ2n) is 4.36. The van der Waals surface area contributed by atoms with E-state index in [0.29, 0.717) is 6.54 Å². The van der Waals surface area contributed by atoms with E-state index in [0.717, 1.165) is 0 Å². The van der Waals surface area contributed by atoms with Gasteiger partial charge in [0, 0.05) is 12.0 Å². The molecule has 5 N–H and O–H groups in total. The van der Waals surface area contributed by atoms with Crippen LogP contribution < -0.4 is 5.32 Å². The molecule has 86 valence electrons. The summed E-state index contributed by atoms with van der Waals surface area (Å²) in [6.45, 7) is 3.02. The lowest BCUT2D eigenvalue weighted by molar-refractivity contribution is 0.0436. The van der Waals surface area contributed by atoms with Gasteiger partial charge in [-0.25, -0.2) is 0 Å². The van der Waals surface area contributed by atoms with Crippen molar-refractivity contribution in [2.45, 2.75) is 19.4 Å². The third-order valence-corrected chi connectivity index (χ3v) is 2.40. The maximum atomic E-state index is 9.00. The smallest absolute Gasteiger partial charge is 0.0633 e. The Morgan fingerprint density at radius 3 is 1.57 bits per heavy atom. The Balaban J connectivity index is 4.14. The Kier molecular flexibility index (Phi) is 5.54. The van der Waals surface area contributed by atoms with Gasteiger partial charge in [0.25, 0.3) is 0 Å². The van der Waals surface area contributed by atoms with Crippen LogP contribution in [-0.4, -0.2) is 58.9 Å². The van der Waals surface area contributed by atoms with Crippen LogP contribution in [0.25, 0.3) is 0 Å². The highest BCUT2D eigenvalue weighted by atomic mass is 16.3. The van der Waals surface area contributed by atoms with Gasteiger partial charge in [0.15, 0.2) is 0 Å². The van der Waals surface area contributed by atoms with E-state index in [4.69, 9.17) is 20.4 Å². The van der Waals surface area contributed by atoms with E-state index in [1.54, 1.807) is 13.8 Å². The van der Waals surface area contributed by atoms with Gasteiger partial charge in [-0.15, -0.1) is 0 Å². The highest BCUT2D eigenvalue weighted by Crippen LogP contribution is 2.14. The Hall–Kier alpha value is -0.200. The minimum absolute atomic E-state index is 0.149. The normalized spacial score (nSPS) is 13.3. The molecule has 0 saturated carbocycles. The van der Waals surface area contributed by atoms with Crippen molar-refractivity contribution in [3.05, 3.63) is 0 Å². The molecule has 0 aromatic carbocycles. The highest BCUT2D eigenvalue weighted by molar-refractivity contribution is 4.85.